The fourth-order valence-corrected chi connectivity index (χ4v) is 1.05. The smallest absolute Gasteiger partial charge is 0.153 e. The van der Waals surface area contributed by atoms with Crippen molar-refractivity contribution in [1.82, 2.24) is 5.32 Å². The fraction of sp³-hybridized carbons (Fsp3) is 0.889. The second kappa shape index (κ2) is 7.86. The Labute approximate surface area is 80.2 Å². The third-order valence-corrected chi connectivity index (χ3v) is 1.82. The van der Waals surface area contributed by atoms with Gasteiger partial charge >= 0.3 is 0 Å². The van der Waals surface area contributed by atoms with Gasteiger partial charge in [0.1, 0.15) is 0 Å². The molecular formula is C9H21N3O. The predicted octanol–water partition coefficient (Wildman–Crippen LogP) is 1.15. The van der Waals surface area contributed by atoms with E-state index >= 15 is 0 Å². The van der Waals surface area contributed by atoms with Crippen LogP contribution in [-0.2, 0) is 0 Å². The summed E-state index contributed by atoms with van der Waals surface area (Å²) in [6.07, 6.45) is 3.66. The van der Waals surface area contributed by atoms with Crippen LogP contribution in [0, 0.1) is 5.92 Å². The number of hydrogen-bond donors (Lipinski definition) is 3. The lowest BCUT2D eigenvalue weighted by molar-refractivity contribution is 0.317. The molecule has 13 heavy (non-hydrogen) atoms. The number of rotatable bonds is 7. The molecule has 0 heterocycles. The number of amidine groups is 1. The van der Waals surface area contributed by atoms with Gasteiger partial charge in [0.2, 0.25) is 0 Å². The molecule has 0 radical (unpaired) electrons. The molecule has 0 fully saturated rings. The predicted molar refractivity (Wildman–Crippen MR) is 55.0 cm³/mol. The first-order valence-electron chi connectivity index (χ1n) is 4.84. The number of nitrogens with zero attached hydrogens (tertiary/aromatic N) is 1. The maximum atomic E-state index is 8.23. The molecule has 0 atom stereocenters. The van der Waals surface area contributed by atoms with Gasteiger partial charge in [0, 0.05) is 0 Å². The Bertz CT molecular complexity index is 146. The summed E-state index contributed by atoms with van der Waals surface area (Å²) in [5, 5.41) is 14.2. The van der Waals surface area contributed by atoms with Crippen molar-refractivity contribution >= 4 is 5.84 Å². The van der Waals surface area contributed by atoms with E-state index < -0.39 is 0 Å². The standard InChI is InChI=1S/C9H21N3O/c1-8(2)5-3-4-6-11-7-9(10)12-13/h8,11,13H,3-7H2,1-2H3,(H2,10,12). The van der Waals surface area contributed by atoms with Gasteiger partial charge in [-0.1, -0.05) is 31.8 Å². The van der Waals surface area contributed by atoms with Crippen molar-refractivity contribution in [3.63, 3.8) is 0 Å². The summed E-state index contributed by atoms with van der Waals surface area (Å²) in [5.74, 6) is 1.02. The average Bonchev–Trinajstić information content (AvgIpc) is 2.10. The highest BCUT2D eigenvalue weighted by Gasteiger charge is 1.94. The van der Waals surface area contributed by atoms with Crippen molar-refractivity contribution in [2.75, 3.05) is 13.1 Å². The molecule has 0 saturated heterocycles. The van der Waals surface area contributed by atoms with Crippen molar-refractivity contribution in [2.24, 2.45) is 16.8 Å². The Hall–Kier alpha value is -0.770. The molecule has 0 bridgehead atoms. The minimum absolute atomic E-state index is 0.240. The molecule has 4 nitrogen and oxygen atoms in total. The molecule has 0 aromatic heterocycles. The monoisotopic (exact) mass is 187 g/mol. The molecule has 0 spiro atoms. The van der Waals surface area contributed by atoms with E-state index in [1.54, 1.807) is 0 Å². The molecular weight excluding hydrogens is 166 g/mol. The molecule has 0 aromatic carbocycles. The molecule has 4 N–H and O–H groups in total. The third kappa shape index (κ3) is 9.14. The van der Waals surface area contributed by atoms with Crippen LogP contribution in [0.3, 0.4) is 0 Å². The van der Waals surface area contributed by atoms with Crippen LogP contribution < -0.4 is 11.1 Å². The molecule has 0 saturated carbocycles. The summed E-state index contributed by atoms with van der Waals surface area (Å²) in [6.45, 7) is 5.86. The summed E-state index contributed by atoms with van der Waals surface area (Å²) in [6, 6.07) is 0. The van der Waals surface area contributed by atoms with Crippen LogP contribution in [0.15, 0.2) is 5.16 Å². The summed E-state index contributed by atoms with van der Waals surface area (Å²) in [7, 11) is 0. The SMILES string of the molecule is CC(C)CCCCNCC(N)=NO. The maximum absolute atomic E-state index is 8.23. The van der Waals surface area contributed by atoms with Gasteiger partial charge in [-0.15, -0.1) is 0 Å². The van der Waals surface area contributed by atoms with Gasteiger partial charge in [-0.25, -0.2) is 0 Å². The quantitative estimate of drug-likeness (QED) is 0.184. The van der Waals surface area contributed by atoms with Crippen LogP contribution in [-0.4, -0.2) is 24.1 Å². The minimum Gasteiger partial charge on any atom is -0.409 e. The van der Waals surface area contributed by atoms with Gasteiger partial charge in [-0.3, -0.25) is 0 Å². The molecule has 0 amide bonds. The van der Waals surface area contributed by atoms with E-state index in [1.807, 2.05) is 0 Å². The second-order valence-electron chi connectivity index (χ2n) is 3.66. The first-order valence-corrected chi connectivity index (χ1v) is 4.84. The largest absolute Gasteiger partial charge is 0.409 e. The number of nitrogens with one attached hydrogen (secondary N) is 1. The van der Waals surface area contributed by atoms with Crippen LogP contribution in [0.25, 0.3) is 0 Å². The first-order chi connectivity index (χ1) is 6.16. The molecule has 0 aliphatic heterocycles. The second-order valence-corrected chi connectivity index (χ2v) is 3.66. The molecule has 0 aromatic rings. The fourth-order valence-electron chi connectivity index (χ4n) is 1.05. The van der Waals surface area contributed by atoms with Gasteiger partial charge < -0.3 is 16.3 Å². The Balaban J connectivity index is 3.09. The zero-order valence-corrected chi connectivity index (χ0v) is 8.58. The van der Waals surface area contributed by atoms with Crippen molar-refractivity contribution in [3.05, 3.63) is 0 Å². The van der Waals surface area contributed by atoms with Crippen LogP contribution in [0.1, 0.15) is 33.1 Å². The topological polar surface area (TPSA) is 70.6 Å². The molecule has 0 aliphatic rings. The zero-order valence-electron chi connectivity index (χ0n) is 8.58. The highest BCUT2D eigenvalue weighted by molar-refractivity contribution is 5.81. The van der Waals surface area contributed by atoms with Gasteiger partial charge in [0.25, 0.3) is 0 Å². The highest BCUT2D eigenvalue weighted by Crippen LogP contribution is 2.04. The lowest BCUT2D eigenvalue weighted by Crippen LogP contribution is -2.29. The minimum atomic E-state index is 0.240. The average molecular weight is 187 g/mol. The van der Waals surface area contributed by atoms with E-state index in [0.29, 0.717) is 6.54 Å². The van der Waals surface area contributed by atoms with Gasteiger partial charge in [0.05, 0.1) is 6.54 Å². The Morgan fingerprint density at radius 1 is 1.46 bits per heavy atom. The molecule has 0 aliphatic carbocycles. The highest BCUT2D eigenvalue weighted by atomic mass is 16.4. The zero-order chi connectivity index (χ0) is 10.1. The lowest BCUT2D eigenvalue weighted by Gasteiger charge is -2.05. The van der Waals surface area contributed by atoms with E-state index in [-0.39, 0.29) is 5.84 Å². The first kappa shape index (κ1) is 12.2. The summed E-state index contributed by atoms with van der Waals surface area (Å²) in [5.41, 5.74) is 5.27. The summed E-state index contributed by atoms with van der Waals surface area (Å²) < 4.78 is 0. The van der Waals surface area contributed by atoms with E-state index in [9.17, 15) is 0 Å². The van der Waals surface area contributed by atoms with E-state index in [2.05, 4.69) is 24.3 Å². The number of oxime groups is 1. The molecule has 0 unspecified atom stereocenters. The van der Waals surface area contributed by atoms with Gasteiger partial charge in [0.15, 0.2) is 5.84 Å². The number of hydrogen-bond acceptors (Lipinski definition) is 3. The Morgan fingerprint density at radius 3 is 2.69 bits per heavy atom. The molecule has 78 valence electrons. The molecule has 0 rings (SSSR count). The molecule has 4 heteroatoms. The lowest BCUT2D eigenvalue weighted by atomic mass is 10.1. The van der Waals surface area contributed by atoms with E-state index in [4.69, 9.17) is 10.9 Å². The van der Waals surface area contributed by atoms with E-state index in [0.717, 1.165) is 18.9 Å². The van der Waals surface area contributed by atoms with Crippen molar-refractivity contribution in [3.8, 4) is 0 Å². The number of nitrogens with two attached hydrogens (primary N) is 1. The third-order valence-electron chi connectivity index (χ3n) is 1.82. The van der Waals surface area contributed by atoms with Crippen LogP contribution in [0.5, 0.6) is 0 Å². The Morgan fingerprint density at radius 2 is 2.15 bits per heavy atom. The normalized spacial score (nSPS) is 12.4. The number of unbranched alkanes of at least 4 members (excludes halogenated alkanes) is 1. The van der Waals surface area contributed by atoms with Gasteiger partial charge in [-0.05, 0) is 18.9 Å². The Kier molecular flexibility index (Phi) is 7.39. The van der Waals surface area contributed by atoms with Crippen molar-refractivity contribution < 1.29 is 5.21 Å². The van der Waals surface area contributed by atoms with Gasteiger partial charge in [-0.2, -0.15) is 0 Å². The van der Waals surface area contributed by atoms with Crippen molar-refractivity contribution in [1.29, 1.82) is 0 Å². The van der Waals surface area contributed by atoms with E-state index in [1.165, 1.54) is 12.8 Å². The maximum Gasteiger partial charge on any atom is 0.153 e. The van der Waals surface area contributed by atoms with Crippen LogP contribution in [0.2, 0.25) is 0 Å². The van der Waals surface area contributed by atoms with Crippen molar-refractivity contribution in [2.45, 2.75) is 33.1 Å². The van der Waals surface area contributed by atoms with Crippen LogP contribution in [0.4, 0.5) is 0 Å². The summed E-state index contributed by atoms with van der Waals surface area (Å²) in [4.78, 5) is 0. The summed E-state index contributed by atoms with van der Waals surface area (Å²) >= 11 is 0. The van der Waals surface area contributed by atoms with Crippen LogP contribution >= 0.6 is 0 Å².